The molecular formula is C27H21N3O6S. The highest BCUT2D eigenvalue weighted by atomic mass is 32.1. The number of hydrogen-bond acceptors (Lipinski definition) is 9. The van der Waals surface area contributed by atoms with Crippen LogP contribution in [-0.4, -0.2) is 34.3 Å². The number of ether oxygens (including phenoxy) is 2. The molecular weight excluding hydrogens is 494 g/mol. The molecule has 37 heavy (non-hydrogen) atoms. The Hall–Kier alpha value is -4.57. The van der Waals surface area contributed by atoms with E-state index in [9.17, 15) is 14.4 Å². The molecule has 0 aliphatic heterocycles. The molecule has 9 nitrogen and oxygen atoms in total. The van der Waals surface area contributed by atoms with Gasteiger partial charge in [0.25, 0.3) is 11.1 Å². The highest BCUT2D eigenvalue weighted by Crippen LogP contribution is 2.23. The second kappa shape index (κ2) is 10.2. The topological polar surface area (TPSA) is 113 Å². The van der Waals surface area contributed by atoms with E-state index >= 15 is 0 Å². The van der Waals surface area contributed by atoms with Crippen LogP contribution in [0.15, 0.2) is 74.7 Å². The Morgan fingerprint density at radius 2 is 1.81 bits per heavy atom. The third-order valence-electron chi connectivity index (χ3n) is 5.56. The first-order valence-corrected chi connectivity index (χ1v) is 12.2. The second-order valence-electron chi connectivity index (χ2n) is 8.00. The number of hydrogen-bond donors (Lipinski definition) is 0. The van der Waals surface area contributed by atoms with E-state index in [1.807, 2.05) is 12.1 Å². The summed E-state index contributed by atoms with van der Waals surface area (Å²) < 4.78 is 17.5. The summed E-state index contributed by atoms with van der Waals surface area (Å²) >= 11 is 1.06. The monoisotopic (exact) mass is 515 g/mol. The van der Waals surface area contributed by atoms with Gasteiger partial charge in [0.2, 0.25) is 4.96 Å². The normalized spacial score (nSPS) is 11.7. The minimum atomic E-state index is -0.477. The zero-order valence-corrected chi connectivity index (χ0v) is 20.8. The van der Waals surface area contributed by atoms with Gasteiger partial charge < -0.3 is 13.9 Å². The molecule has 0 bridgehead atoms. The summed E-state index contributed by atoms with van der Waals surface area (Å²) in [4.78, 5) is 41.7. The highest BCUT2D eigenvalue weighted by molar-refractivity contribution is 7.15. The summed E-state index contributed by atoms with van der Waals surface area (Å²) in [5.74, 6) is 1.34. The zero-order valence-electron chi connectivity index (χ0n) is 20.0. The van der Waals surface area contributed by atoms with Crippen LogP contribution in [0.4, 0.5) is 0 Å². The van der Waals surface area contributed by atoms with Gasteiger partial charge in [-0.25, -0.2) is 4.79 Å². The minimum absolute atomic E-state index is 0.177. The third kappa shape index (κ3) is 5.05. The lowest BCUT2D eigenvalue weighted by Gasteiger charge is -2.02. The van der Waals surface area contributed by atoms with E-state index in [2.05, 4.69) is 10.1 Å². The van der Waals surface area contributed by atoms with Crippen molar-refractivity contribution >= 4 is 28.3 Å². The fourth-order valence-corrected chi connectivity index (χ4v) is 4.57. The van der Waals surface area contributed by atoms with Gasteiger partial charge in [0.05, 0.1) is 19.3 Å². The van der Waals surface area contributed by atoms with E-state index in [0.29, 0.717) is 34.0 Å². The van der Waals surface area contributed by atoms with Crippen LogP contribution >= 0.6 is 11.3 Å². The van der Waals surface area contributed by atoms with Crippen molar-refractivity contribution in [3.63, 3.8) is 0 Å². The van der Waals surface area contributed by atoms with Crippen LogP contribution in [0.5, 0.6) is 5.75 Å². The van der Waals surface area contributed by atoms with E-state index < -0.39 is 5.56 Å². The number of furan rings is 1. The van der Waals surface area contributed by atoms with Crippen LogP contribution in [0.25, 0.3) is 22.4 Å². The van der Waals surface area contributed by atoms with Crippen molar-refractivity contribution in [1.29, 1.82) is 0 Å². The van der Waals surface area contributed by atoms with Crippen molar-refractivity contribution in [2.45, 2.75) is 13.3 Å². The van der Waals surface area contributed by atoms with Crippen LogP contribution in [0.3, 0.4) is 0 Å². The molecule has 186 valence electrons. The predicted molar refractivity (Wildman–Crippen MR) is 138 cm³/mol. The van der Waals surface area contributed by atoms with Gasteiger partial charge in [-0.2, -0.15) is 14.6 Å². The van der Waals surface area contributed by atoms with Gasteiger partial charge in [-0.1, -0.05) is 35.6 Å². The Morgan fingerprint density at radius 3 is 2.51 bits per heavy atom. The lowest BCUT2D eigenvalue weighted by Crippen LogP contribution is -2.28. The fraction of sp³-hybridized carbons (Fsp3) is 0.148. The largest absolute Gasteiger partial charge is 0.497 e. The predicted octanol–water partition coefficient (Wildman–Crippen LogP) is 3.10. The van der Waals surface area contributed by atoms with E-state index in [0.717, 1.165) is 27.0 Å². The van der Waals surface area contributed by atoms with Gasteiger partial charge in [0, 0.05) is 18.1 Å². The summed E-state index contributed by atoms with van der Waals surface area (Å²) in [6, 6.07) is 17.6. The lowest BCUT2D eigenvalue weighted by molar-refractivity contribution is 0.0526. The van der Waals surface area contributed by atoms with Crippen LogP contribution in [0.1, 0.15) is 34.3 Å². The molecule has 0 amide bonds. The fourth-order valence-electron chi connectivity index (χ4n) is 3.69. The number of methoxy groups -OCH3 is 1. The van der Waals surface area contributed by atoms with Crippen molar-refractivity contribution in [3.05, 3.63) is 108 Å². The van der Waals surface area contributed by atoms with Gasteiger partial charge in [0.15, 0.2) is 0 Å². The molecule has 5 rings (SSSR count). The third-order valence-corrected chi connectivity index (χ3v) is 6.52. The Kier molecular flexibility index (Phi) is 6.65. The molecule has 2 aromatic carbocycles. The first-order chi connectivity index (χ1) is 17.9. The van der Waals surface area contributed by atoms with E-state index in [-0.39, 0.29) is 28.6 Å². The van der Waals surface area contributed by atoms with Crippen molar-refractivity contribution in [3.8, 4) is 17.1 Å². The molecule has 0 radical (unpaired) electrons. The minimum Gasteiger partial charge on any atom is -0.497 e. The molecule has 5 aromatic rings. The number of esters is 1. The van der Waals surface area contributed by atoms with Crippen LogP contribution < -0.4 is 20.4 Å². The number of thiazole rings is 1. The first-order valence-electron chi connectivity index (χ1n) is 11.4. The molecule has 0 saturated heterocycles. The molecule has 3 aromatic heterocycles. The molecule has 0 unspecified atom stereocenters. The van der Waals surface area contributed by atoms with Gasteiger partial charge in [-0.05, 0) is 48.9 Å². The van der Waals surface area contributed by atoms with Crippen molar-refractivity contribution in [2.75, 3.05) is 13.7 Å². The van der Waals surface area contributed by atoms with Crippen LogP contribution in [0, 0.1) is 0 Å². The number of nitrogens with zero attached hydrogens (tertiary/aromatic N) is 3. The average Bonchev–Trinajstić information content (AvgIpc) is 3.49. The number of benzene rings is 2. The molecule has 3 heterocycles. The van der Waals surface area contributed by atoms with Crippen LogP contribution in [0.2, 0.25) is 0 Å². The lowest BCUT2D eigenvalue weighted by atomic mass is 10.1. The standard InChI is InChI=1S/C27H21N3O6S/c1-3-35-26(33)18-8-6-17(7-9-18)22-13-12-20(36-22)15-23-25(32)30-27(37-23)28-24(31)21(29-30)14-16-4-10-19(34-2)11-5-16/h4-13,15H,3,14H2,1-2H3/b23-15-. The number of aromatic nitrogens is 3. The Morgan fingerprint density at radius 1 is 1.05 bits per heavy atom. The van der Waals surface area contributed by atoms with Gasteiger partial charge in [-0.15, -0.1) is 0 Å². The molecule has 0 aliphatic carbocycles. The molecule has 0 aliphatic rings. The molecule has 0 spiro atoms. The summed E-state index contributed by atoms with van der Waals surface area (Å²) in [6.45, 7) is 2.06. The second-order valence-corrected chi connectivity index (χ2v) is 9.01. The number of carbonyl (C=O) groups is 1. The quantitative estimate of drug-likeness (QED) is 0.304. The molecule has 0 fully saturated rings. The Bertz CT molecular complexity index is 1750. The van der Waals surface area contributed by atoms with E-state index in [4.69, 9.17) is 13.9 Å². The average molecular weight is 516 g/mol. The number of carbonyl (C=O) groups excluding carboxylic acids is 1. The molecule has 0 N–H and O–H groups in total. The van der Waals surface area contributed by atoms with Crippen molar-refractivity contribution < 1.29 is 18.7 Å². The van der Waals surface area contributed by atoms with Gasteiger partial charge >= 0.3 is 5.97 Å². The highest BCUT2D eigenvalue weighted by Gasteiger charge is 2.13. The SMILES string of the molecule is CCOC(=O)c1ccc(-c2ccc(/C=c3\sc4nc(=O)c(Cc5ccc(OC)cc5)nn4c3=O)o2)cc1. The van der Waals surface area contributed by atoms with Gasteiger partial charge in [-0.3, -0.25) is 9.59 Å². The molecule has 0 atom stereocenters. The van der Waals surface area contributed by atoms with Crippen LogP contribution in [-0.2, 0) is 11.2 Å². The van der Waals surface area contributed by atoms with Crippen molar-refractivity contribution in [1.82, 2.24) is 14.6 Å². The summed E-state index contributed by atoms with van der Waals surface area (Å²) in [5.41, 5.74) is 1.38. The Balaban J connectivity index is 1.42. The van der Waals surface area contributed by atoms with E-state index in [1.165, 1.54) is 0 Å². The maximum Gasteiger partial charge on any atom is 0.338 e. The maximum atomic E-state index is 13.0. The summed E-state index contributed by atoms with van der Waals surface area (Å²) in [7, 11) is 1.58. The molecule has 0 saturated carbocycles. The smallest absolute Gasteiger partial charge is 0.338 e. The van der Waals surface area contributed by atoms with Crippen molar-refractivity contribution in [2.24, 2.45) is 0 Å². The number of fused-ring (bicyclic) bond motifs is 1. The van der Waals surface area contributed by atoms with Gasteiger partial charge in [0.1, 0.15) is 27.5 Å². The molecule has 10 heteroatoms. The summed E-state index contributed by atoms with van der Waals surface area (Å²) in [6.07, 6.45) is 1.83. The number of rotatable bonds is 7. The maximum absolute atomic E-state index is 13.0. The summed E-state index contributed by atoms with van der Waals surface area (Å²) in [5, 5.41) is 4.28. The first kappa shape index (κ1) is 24.1. The zero-order chi connectivity index (χ0) is 25.9. The van der Waals surface area contributed by atoms with E-state index in [1.54, 1.807) is 68.6 Å². The Labute approximate surface area is 214 Å².